The molecule has 0 aliphatic heterocycles. The van der Waals surface area contributed by atoms with E-state index >= 15 is 0 Å². The fourth-order valence-electron chi connectivity index (χ4n) is 6.16. The third-order valence-corrected chi connectivity index (χ3v) is 6.62. The average Bonchev–Trinajstić information content (AvgIpc) is 2.66. The summed E-state index contributed by atoms with van der Waals surface area (Å²) in [6.07, 6.45) is 7.69. The molecule has 4 fully saturated rings. The zero-order chi connectivity index (χ0) is 20.8. The number of rotatable bonds is 4. The van der Waals surface area contributed by atoms with Crippen LogP contribution in [0.1, 0.15) is 48.9 Å². The summed E-state index contributed by atoms with van der Waals surface area (Å²) < 4.78 is 18.8. The molecule has 4 saturated carbocycles. The van der Waals surface area contributed by atoms with Crippen LogP contribution < -0.4 is 15.4 Å². The van der Waals surface area contributed by atoms with Crippen LogP contribution in [0, 0.1) is 17.7 Å². The van der Waals surface area contributed by atoms with Gasteiger partial charge in [0.05, 0.1) is 0 Å². The molecule has 2 atom stereocenters. The van der Waals surface area contributed by atoms with Crippen molar-refractivity contribution in [2.75, 3.05) is 0 Å². The normalized spacial score (nSPS) is 31.2. The molecule has 4 aliphatic carbocycles. The number of amides is 2. The lowest BCUT2D eigenvalue weighted by Crippen LogP contribution is -2.70. The summed E-state index contributed by atoms with van der Waals surface area (Å²) in [5.74, 6) is 0.142. The Hall–Kier alpha value is -3.03. The van der Waals surface area contributed by atoms with Crippen molar-refractivity contribution < 1.29 is 18.7 Å². The quantitative estimate of drug-likeness (QED) is 0.807. The highest BCUT2D eigenvalue weighted by molar-refractivity contribution is 5.94. The van der Waals surface area contributed by atoms with E-state index in [1.54, 1.807) is 12.1 Å². The van der Waals surface area contributed by atoms with E-state index in [0.29, 0.717) is 23.8 Å². The van der Waals surface area contributed by atoms with Gasteiger partial charge in [-0.05, 0) is 74.6 Å². The number of aromatic nitrogens is 2. The maximum absolute atomic E-state index is 13.6. The largest absolute Gasteiger partial charge is 0.415 e. The average molecular weight is 410 g/mol. The first-order valence-corrected chi connectivity index (χ1v) is 10.3. The first-order chi connectivity index (χ1) is 14.4. The molecule has 0 saturated heterocycles. The van der Waals surface area contributed by atoms with Gasteiger partial charge < -0.3 is 15.4 Å². The van der Waals surface area contributed by atoms with E-state index in [1.807, 2.05) is 0 Å². The molecule has 7 nitrogen and oxygen atoms in total. The highest BCUT2D eigenvalue weighted by Gasteiger charge is 2.59. The first kappa shape index (κ1) is 19.0. The third kappa shape index (κ3) is 3.62. The van der Waals surface area contributed by atoms with E-state index in [-0.39, 0.29) is 11.9 Å². The molecule has 4 aliphatic rings. The van der Waals surface area contributed by atoms with Crippen molar-refractivity contribution in [1.82, 2.24) is 20.6 Å². The fourth-order valence-corrected chi connectivity index (χ4v) is 6.16. The van der Waals surface area contributed by atoms with Crippen molar-refractivity contribution in [3.63, 3.8) is 0 Å². The second-order valence-electron chi connectivity index (χ2n) is 9.03. The zero-order valence-corrected chi connectivity index (χ0v) is 16.4. The summed E-state index contributed by atoms with van der Waals surface area (Å²) in [5.41, 5.74) is -0.511. The van der Waals surface area contributed by atoms with Crippen LogP contribution in [0.25, 0.3) is 0 Å². The van der Waals surface area contributed by atoms with Gasteiger partial charge in [0, 0.05) is 29.0 Å². The number of nitrogens with one attached hydrogen (secondary N) is 2. The Bertz CT molecular complexity index is 969. The molecule has 30 heavy (non-hydrogen) atoms. The Kier molecular flexibility index (Phi) is 4.45. The second-order valence-corrected chi connectivity index (χ2v) is 9.03. The molecule has 6 rings (SSSR count). The molecule has 1 aromatic heterocycles. The summed E-state index contributed by atoms with van der Waals surface area (Å²) >= 11 is 0. The summed E-state index contributed by atoms with van der Waals surface area (Å²) in [4.78, 5) is 33.2. The van der Waals surface area contributed by atoms with Crippen molar-refractivity contribution in [3.05, 3.63) is 54.1 Å². The lowest BCUT2D eigenvalue weighted by Gasteiger charge is -2.62. The van der Waals surface area contributed by atoms with E-state index in [9.17, 15) is 14.0 Å². The number of halogens is 1. The van der Waals surface area contributed by atoms with Crippen molar-refractivity contribution in [3.8, 4) is 6.01 Å². The Balaban J connectivity index is 1.33. The molecule has 4 bridgehead atoms. The number of benzene rings is 1. The third-order valence-electron chi connectivity index (χ3n) is 6.62. The molecule has 2 unspecified atom stereocenters. The van der Waals surface area contributed by atoms with Gasteiger partial charge in [-0.15, -0.1) is 0 Å². The van der Waals surface area contributed by atoms with Crippen LogP contribution in [-0.4, -0.2) is 33.0 Å². The summed E-state index contributed by atoms with van der Waals surface area (Å²) in [6, 6.07) is 7.38. The Morgan fingerprint density at radius 3 is 2.33 bits per heavy atom. The summed E-state index contributed by atoms with van der Waals surface area (Å²) in [5, 5.41) is 6.26. The number of nitrogens with zero attached hydrogens (tertiary/aromatic N) is 2. The van der Waals surface area contributed by atoms with Crippen LogP contribution >= 0.6 is 0 Å². The minimum Gasteiger partial charge on any atom is -0.374 e. The molecule has 156 valence electrons. The van der Waals surface area contributed by atoms with Gasteiger partial charge in [-0.2, -0.15) is 0 Å². The van der Waals surface area contributed by atoms with Gasteiger partial charge in [-0.25, -0.2) is 19.2 Å². The fraction of sp³-hybridized carbons (Fsp3) is 0.455. The lowest BCUT2D eigenvalue weighted by molar-refractivity contribution is -0.0450. The van der Waals surface area contributed by atoms with Crippen molar-refractivity contribution in [2.24, 2.45) is 11.8 Å². The highest BCUT2D eigenvalue weighted by atomic mass is 19.1. The lowest BCUT2D eigenvalue weighted by atomic mass is 9.50. The topological polar surface area (TPSA) is 93.2 Å². The van der Waals surface area contributed by atoms with Gasteiger partial charge >= 0.3 is 12.1 Å². The zero-order valence-electron chi connectivity index (χ0n) is 16.4. The number of carbonyl (C=O) groups excluding carboxylic acids is 2. The van der Waals surface area contributed by atoms with Crippen LogP contribution in [0.5, 0.6) is 6.01 Å². The SMILES string of the molecule is O=C(NC12CC3CC(C1)CC(NC(=O)c1cccc(F)c1)(C3)C2)Oc1ncccn1. The minimum atomic E-state index is -0.574. The Morgan fingerprint density at radius 1 is 1.00 bits per heavy atom. The van der Waals surface area contributed by atoms with Crippen molar-refractivity contribution in [2.45, 2.75) is 49.6 Å². The Labute approximate surface area is 173 Å². The molecule has 8 heteroatoms. The van der Waals surface area contributed by atoms with E-state index in [2.05, 4.69) is 20.6 Å². The van der Waals surface area contributed by atoms with E-state index in [4.69, 9.17) is 4.74 Å². The Morgan fingerprint density at radius 2 is 1.67 bits per heavy atom. The maximum Gasteiger partial charge on any atom is 0.415 e. The predicted molar refractivity (Wildman–Crippen MR) is 105 cm³/mol. The molecule has 0 spiro atoms. The van der Waals surface area contributed by atoms with Gasteiger partial charge in [0.25, 0.3) is 5.91 Å². The number of carbonyl (C=O) groups is 2. The molecular weight excluding hydrogens is 387 g/mol. The standard InChI is InChI=1S/C22H23FN4O3/c23-17-4-1-3-16(8-17)18(28)26-21-9-14-7-15(10-21)12-22(11-14,13-21)27-20(29)30-19-24-5-2-6-25-19/h1-6,8,14-15H,7,9-13H2,(H,26,28)(H,27,29). The number of ether oxygens (including phenoxy) is 1. The van der Waals surface area contributed by atoms with Crippen LogP contribution in [-0.2, 0) is 0 Å². The molecule has 1 aromatic carbocycles. The van der Waals surface area contributed by atoms with E-state index in [0.717, 1.165) is 32.1 Å². The molecular formula is C22H23FN4O3. The number of hydrogen-bond donors (Lipinski definition) is 2. The first-order valence-electron chi connectivity index (χ1n) is 10.3. The molecule has 0 radical (unpaired) electrons. The minimum absolute atomic E-state index is 0.00819. The van der Waals surface area contributed by atoms with Crippen LogP contribution in [0.3, 0.4) is 0 Å². The van der Waals surface area contributed by atoms with Crippen molar-refractivity contribution >= 4 is 12.0 Å². The van der Waals surface area contributed by atoms with Crippen LogP contribution in [0.4, 0.5) is 9.18 Å². The van der Waals surface area contributed by atoms with Crippen molar-refractivity contribution in [1.29, 1.82) is 0 Å². The van der Waals surface area contributed by atoms with Gasteiger partial charge in [0.2, 0.25) is 0 Å². The van der Waals surface area contributed by atoms with E-state index < -0.39 is 23.0 Å². The number of hydrogen-bond acceptors (Lipinski definition) is 5. The van der Waals surface area contributed by atoms with Gasteiger partial charge in [0.1, 0.15) is 5.82 Å². The van der Waals surface area contributed by atoms with E-state index in [1.165, 1.54) is 30.6 Å². The highest BCUT2D eigenvalue weighted by Crippen LogP contribution is 2.57. The molecule has 2 N–H and O–H groups in total. The van der Waals surface area contributed by atoms with Gasteiger partial charge in [0.15, 0.2) is 0 Å². The predicted octanol–water partition coefficient (Wildman–Crippen LogP) is 3.23. The monoisotopic (exact) mass is 410 g/mol. The molecule has 2 amide bonds. The molecule has 2 aromatic rings. The summed E-state index contributed by atoms with van der Waals surface area (Å²) in [7, 11) is 0. The van der Waals surface area contributed by atoms with Gasteiger partial charge in [-0.3, -0.25) is 4.79 Å². The molecule has 1 heterocycles. The maximum atomic E-state index is 13.6. The second kappa shape index (κ2) is 7.04. The summed E-state index contributed by atoms with van der Waals surface area (Å²) in [6.45, 7) is 0. The van der Waals surface area contributed by atoms with Crippen LogP contribution in [0.15, 0.2) is 42.7 Å². The van der Waals surface area contributed by atoms with Crippen LogP contribution in [0.2, 0.25) is 0 Å². The van der Waals surface area contributed by atoms with Gasteiger partial charge in [-0.1, -0.05) is 6.07 Å². The smallest absolute Gasteiger partial charge is 0.374 e.